The van der Waals surface area contributed by atoms with E-state index < -0.39 is 0 Å². The van der Waals surface area contributed by atoms with Gasteiger partial charge >= 0.3 is 0 Å². The fourth-order valence-electron chi connectivity index (χ4n) is 1.92. The first-order valence-electron chi connectivity index (χ1n) is 6.75. The van der Waals surface area contributed by atoms with Crippen LogP contribution in [0, 0.1) is 0 Å². The number of benzene rings is 1. The summed E-state index contributed by atoms with van der Waals surface area (Å²) in [5, 5.41) is 0.621. The fourth-order valence-corrected chi connectivity index (χ4v) is 2.09. The summed E-state index contributed by atoms with van der Waals surface area (Å²) in [4.78, 5) is 3.96. The molecule has 0 saturated heterocycles. The van der Waals surface area contributed by atoms with Crippen molar-refractivity contribution in [2.24, 2.45) is 5.73 Å². The molecule has 0 spiro atoms. The normalized spacial score (nSPS) is 12.2. The Morgan fingerprint density at radius 3 is 2.80 bits per heavy atom. The summed E-state index contributed by atoms with van der Waals surface area (Å²) in [5.41, 5.74) is 8.08. The molecule has 0 aliphatic rings. The van der Waals surface area contributed by atoms with Gasteiger partial charge in [-0.3, -0.25) is 4.98 Å². The number of pyridine rings is 1. The molecule has 1 aromatic heterocycles. The standard InChI is InChI=1S/C16H19ClN2O/c1-2-14(18)9-12-5-3-4-6-16(12)20-11-13-7-8-19-10-15(13)17/h3-8,10,14H,2,9,11,18H2,1H3. The summed E-state index contributed by atoms with van der Waals surface area (Å²) in [6.07, 6.45) is 5.10. The van der Waals surface area contributed by atoms with Crippen LogP contribution in [-0.4, -0.2) is 11.0 Å². The van der Waals surface area contributed by atoms with Crippen molar-refractivity contribution in [1.29, 1.82) is 0 Å². The zero-order chi connectivity index (χ0) is 14.4. The molecule has 0 bridgehead atoms. The average Bonchev–Trinajstić information content (AvgIpc) is 2.47. The Balaban J connectivity index is 2.08. The molecule has 0 amide bonds. The molecular weight excluding hydrogens is 272 g/mol. The third-order valence-electron chi connectivity index (χ3n) is 3.22. The van der Waals surface area contributed by atoms with Crippen LogP contribution in [0.2, 0.25) is 5.02 Å². The predicted octanol–water partition coefficient (Wildman–Crippen LogP) is 3.59. The summed E-state index contributed by atoms with van der Waals surface area (Å²) in [6.45, 7) is 2.52. The van der Waals surface area contributed by atoms with Crippen molar-refractivity contribution in [1.82, 2.24) is 4.98 Å². The molecule has 1 atom stereocenters. The Morgan fingerprint density at radius 1 is 1.25 bits per heavy atom. The quantitative estimate of drug-likeness (QED) is 0.884. The van der Waals surface area contributed by atoms with E-state index in [1.165, 1.54) is 0 Å². The Hall–Kier alpha value is -1.58. The van der Waals surface area contributed by atoms with Crippen molar-refractivity contribution >= 4 is 11.6 Å². The highest BCUT2D eigenvalue weighted by Crippen LogP contribution is 2.22. The van der Waals surface area contributed by atoms with Gasteiger partial charge in [-0.05, 0) is 30.5 Å². The van der Waals surface area contributed by atoms with Crippen LogP contribution < -0.4 is 10.5 Å². The number of nitrogens with two attached hydrogens (primary N) is 1. The second-order valence-corrected chi connectivity index (χ2v) is 5.14. The minimum atomic E-state index is 0.157. The van der Waals surface area contributed by atoms with Gasteiger partial charge in [-0.15, -0.1) is 0 Å². The number of hydrogen-bond donors (Lipinski definition) is 1. The molecule has 0 radical (unpaired) electrons. The monoisotopic (exact) mass is 290 g/mol. The minimum absolute atomic E-state index is 0.157. The summed E-state index contributed by atoms with van der Waals surface area (Å²) in [7, 11) is 0. The van der Waals surface area contributed by atoms with Crippen LogP contribution in [0.1, 0.15) is 24.5 Å². The summed E-state index contributed by atoms with van der Waals surface area (Å²) >= 11 is 6.07. The van der Waals surface area contributed by atoms with E-state index in [9.17, 15) is 0 Å². The molecule has 2 N–H and O–H groups in total. The van der Waals surface area contributed by atoms with Crippen molar-refractivity contribution in [2.45, 2.75) is 32.4 Å². The number of halogens is 1. The van der Waals surface area contributed by atoms with Crippen molar-refractivity contribution < 1.29 is 4.74 Å². The van der Waals surface area contributed by atoms with E-state index in [4.69, 9.17) is 22.1 Å². The van der Waals surface area contributed by atoms with Crippen molar-refractivity contribution in [3.05, 3.63) is 58.9 Å². The zero-order valence-electron chi connectivity index (χ0n) is 11.6. The maximum Gasteiger partial charge on any atom is 0.123 e. The molecule has 0 aliphatic carbocycles. The van der Waals surface area contributed by atoms with Gasteiger partial charge < -0.3 is 10.5 Å². The number of nitrogens with zero attached hydrogens (tertiary/aromatic N) is 1. The van der Waals surface area contributed by atoms with Crippen molar-refractivity contribution in [2.75, 3.05) is 0 Å². The lowest BCUT2D eigenvalue weighted by Crippen LogP contribution is -2.21. The van der Waals surface area contributed by atoms with Gasteiger partial charge in [-0.25, -0.2) is 0 Å². The Morgan fingerprint density at radius 2 is 2.05 bits per heavy atom. The SMILES string of the molecule is CCC(N)Cc1ccccc1OCc1ccncc1Cl. The van der Waals surface area contributed by atoms with Crippen LogP contribution in [0.4, 0.5) is 0 Å². The Bertz CT molecular complexity index is 560. The van der Waals surface area contributed by atoms with E-state index in [-0.39, 0.29) is 6.04 Å². The highest BCUT2D eigenvalue weighted by atomic mass is 35.5. The minimum Gasteiger partial charge on any atom is -0.489 e. The summed E-state index contributed by atoms with van der Waals surface area (Å²) in [5.74, 6) is 0.865. The smallest absolute Gasteiger partial charge is 0.123 e. The third-order valence-corrected chi connectivity index (χ3v) is 3.56. The third kappa shape index (κ3) is 3.95. The molecule has 0 saturated carbocycles. The van der Waals surface area contributed by atoms with Crippen LogP contribution in [0.15, 0.2) is 42.7 Å². The maximum atomic E-state index is 6.07. The first-order valence-corrected chi connectivity index (χ1v) is 7.13. The number of para-hydroxylation sites is 1. The molecule has 1 aromatic carbocycles. The van der Waals surface area contributed by atoms with E-state index >= 15 is 0 Å². The number of hydrogen-bond acceptors (Lipinski definition) is 3. The molecule has 4 heteroatoms. The van der Waals surface area contributed by atoms with Gasteiger partial charge in [0.25, 0.3) is 0 Å². The van der Waals surface area contributed by atoms with Crippen LogP contribution >= 0.6 is 11.6 Å². The van der Waals surface area contributed by atoms with Crippen LogP contribution in [-0.2, 0) is 13.0 Å². The second-order valence-electron chi connectivity index (χ2n) is 4.74. The number of aromatic nitrogens is 1. The molecule has 3 nitrogen and oxygen atoms in total. The van der Waals surface area contributed by atoms with Crippen molar-refractivity contribution in [3.63, 3.8) is 0 Å². The van der Waals surface area contributed by atoms with Gasteiger partial charge in [0, 0.05) is 24.0 Å². The van der Waals surface area contributed by atoms with Crippen LogP contribution in [0.5, 0.6) is 5.75 Å². The molecule has 1 heterocycles. The van der Waals surface area contributed by atoms with Gasteiger partial charge in [-0.1, -0.05) is 36.7 Å². The van der Waals surface area contributed by atoms with E-state index in [0.29, 0.717) is 11.6 Å². The molecule has 1 unspecified atom stereocenters. The van der Waals surface area contributed by atoms with Gasteiger partial charge in [0.05, 0.1) is 5.02 Å². The lowest BCUT2D eigenvalue weighted by molar-refractivity contribution is 0.302. The first-order chi connectivity index (χ1) is 9.70. The Labute approximate surface area is 124 Å². The van der Waals surface area contributed by atoms with Gasteiger partial charge in [0.2, 0.25) is 0 Å². The molecule has 2 rings (SSSR count). The van der Waals surface area contributed by atoms with E-state index in [1.54, 1.807) is 12.4 Å². The van der Waals surface area contributed by atoms with Gasteiger partial charge in [-0.2, -0.15) is 0 Å². The number of rotatable bonds is 6. The topological polar surface area (TPSA) is 48.1 Å². The zero-order valence-corrected chi connectivity index (χ0v) is 12.3. The highest BCUT2D eigenvalue weighted by Gasteiger charge is 2.08. The molecule has 2 aromatic rings. The molecule has 0 aliphatic heterocycles. The lowest BCUT2D eigenvalue weighted by atomic mass is 10.0. The average molecular weight is 291 g/mol. The van der Waals surface area contributed by atoms with E-state index in [2.05, 4.69) is 18.0 Å². The Kier molecular flexibility index (Phi) is 5.39. The number of ether oxygens (including phenoxy) is 1. The molecule has 20 heavy (non-hydrogen) atoms. The van der Waals surface area contributed by atoms with Crippen LogP contribution in [0.3, 0.4) is 0 Å². The van der Waals surface area contributed by atoms with Gasteiger partial charge in [0.1, 0.15) is 12.4 Å². The van der Waals surface area contributed by atoms with Gasteiger partial charge in [0.15, 0.2) is 0 Å². The summed E-state index contributed by atoms with van der Waals surface area (Å²) in [6, 6.07) is 10.0. The molecule has 0 fully saturated rings. The van der Waals surface area contributed by atoms with E-state index in [0.717, 1.165) is 29.7 Å². The fraction of sp³-hybridized carbons (Fsp3) is 0.312. The van der Waals surface area contributed by atoms with Crippen LogP contribution in [0.25, 0.3) is 0 Å². The first kappa shape index (κ1) is 14.8. The van der Waals surface area contributed by atoms with E-state index in [1.807, 2.05) is 24.3 Å². The largest absolute Gasteiger partial charge is 0.489 e. The molecular formula is C16H19ClN2O. The second kappa shape index (κ2) is 7.27. The summed E-state index contributed by atoms with van der Waals surface area (Å²) < 4.78 is 5.88. The molecule has 106 valence electrons. The van der Waals surface area contributed by atoms with Crippen molar-refractivity contribution in [3.8, 4) is 5.75 Å². The predicted molar refractivity (Wildman–Crippen MR) is 82.0 cm³/mol. The highest BCUT2D eigenvalue weighted by molar-refractivity contribution is 6.31. The maximum absolute atomic E-state index is 6.07. The lowest BCUT2D eigenvalue weighted by Gasteiger charge is -2.14.